The van der Waals surface area contributed by atoms with E-state index in [4.69, 9.17) is 0 Å². The van der Waals surface area contributed by atoms with Gasteiger partial charge in [-0.15, -0.1) is 0 Å². The zero-order valence-electron chi connectivity index (χ0n) is 7.84. The molecular weight excluding hydrogens is 136 g/mol. The van der Waals surface area contributed by atoms with Crippen molar-refractivity contribution in [2.24, 2.45) is 0 Å². The molecule has 2 heteroatoms. The highest BCUT2D eigenvalue weighted by atomic mass is 15.3. The molecule has 0 saturated carbocycles. The maximum absolute atomic E-state index is 2.55. The molecule has 0 aliphatic carbocycles. The van der Waals surface area contributed by atoms with Gasteiger partial charge in [-0.05, 0) is 39.5 Å². The summed E-state index contributed by atoms with van der Waals surface area (Å²) in [5, 5.41) is 0. The van der Waals surface area contributed by atoms with Crippen molar-refractivity contribution in [1.82, 2.24) is 9.80 Å². The summed E-state index contributed by atoms with van der Waals surface area (Å²) in [6, 6.07) is 0. The van der Waals surface area contributed by atoms with Gasteiger partial charge in [-0.2, -0.15) is 0 Å². The van der Waals surface area contributed by atoms with Crippen LogP contribution >= 0.6 is 0 Å². The molecule has 1 fully saturated rings. The van der Waals surface area contributed by atoms with Crippen molar-refractivity contribution in [1.29, 1.82) is 0 Å². The van der Waals surface area contributed by atoms with E-state index in [9.17, 15) is 0 Å². The van der Waals surface area contributed by atoms with Crippen molar-refractivity contribution in [3.63, 3.8) is 0 Å². The van der Waals surface area contributed by atoms with Crippen LogP contribution in [0.3, 0.4) is 0 Å². The zero-order chi connectivity index (χ0) is 8.10. The van der Waals surface area contributed by atoms with E-state index >= 15 is 0 Å². The van der Waals surface area contributed by atoms with Gasteiger partial charge >= 0.3 is 0 Å². The number of nitrogens with zero attached hydrogens (tertiary/aromatic N) is 2. The second-order valence-electron chi connectivity index (χ2n) is 3.49. The second-order valence-corrected chi connectivity index (χ2v) is 3.49. The highest BCUT2D eigenvalue weighted by Crippen LogP contribution is 2.08. The fourth-order valence-electron chi connectivity index (χ4n) is 1.54. The van der Waals surface area contributed by atoms with Crippen LogP contribution in [0, 0.1) is 0 Å². The smallest absolute Gasteiger partial charge is 0.0503 e. The first-order chi connectivity index (χ1) is 5.33. The van der Waals surface area contributed by atoms with Gasteiger partial charge in [0.15, 0.2) is 0 Å². The summed E-state index contributed by atoms with van der Waals surface area (Å²) in [6.07, 6.45) is 4.24. The Morgan fingerprint density at radius 1 is 1.18 bits per heavy atom. The first-order valence-electron chi connectivity index (χ1n) is 4.74. The largest absolute Gasteiger partial charge is 0.294 e. The molecule has 0 aromatic rings. The molecule has 0 amide bonds. The Bertz CT molecular complexity index is 97.7. The minimum Gasteiger partial charge on any atom is -0.294 e. The van der Waals surface area contributed by atoms with Crippen LogP contribution in [0.1, 0.15) is 26.2 Å². The number of hydrogen-bond acceptors (Lipinski definition) is 2. The standard InChI is InChI=1S/C9H20N2/c1-3-10(2)9-11-7-5-4-6-8-11/h3-9H2,1-2H3. The van der Waals surface area contributed by atoms with E-state index in [0.717, 1.165) is 13.2 Å². The van der Waals surface area contributed by atoms with E-state index in [1.807, 2.05) is 0 Å². The van der Waals surface area contributed by atoms with E-state index in [1.165, 1.54) is 32.4 Å². The van der Waals surface area contributed by atoms with Gasteiger partial charge in [0, 0.05) is 0 Å². The first kappa shape index (κ1) is 9.01. The summed E-state index contributed by atoms with van der Waals surface area (Å²) in [7, 11) is 2.19. The molecule has 1 aliphatic rings. The topological polar surface area (TPSA) is 6.48 Å². The lowest BCUT2D eigenvalue weighted by molar-refractivity contribution is 0.137. The molecule has 0 N–H and O–H groups in total. The fraction of sp³-hybridized carbons (Fsp3) is 1.00. The Kier molecular flexibility index (Phi) is 3.87. The molecule has 2 nitrogen and oxygen atoms in total. The lowest BCUT2D eigenvalue weighted by atomic mass is 10.1. The molecule has 0 aromatic heterocycles. The number of likely N-dealkylation sites (tertiary alicyclic amines) is 1. The van der Waals surface area contributed by atoms with E-state index in [1.54, 1.807) is 0 Å². The van der Waals surface area contributed by atoms with Gasteiger partial charge in [0.2, 0.25) is 0 Å². The average molecular weight is 156 g/mol. The molecule has 0 atom stereocenters. The van der Waals surface area contributed by atoms with Gasteiger partial charge < -0.3 is 0 Å². The van der Waals surface area contributed by atoms with Crippen LogP contribution in [-0.4, -0.2) is 43.2 Å². The Morgan fingerprint density at radius 3 is 2.36 bits per heavy atom. The van der Waals surface area contributed by atoms with Gasteiger partial charge in [-0.25, -0.2) is 0 Å². The van der Waals surface area contributed by atoms with Gasteiger partial charge in [0.1, 0.15) is 0 Å². The van der Waals surface area contributed by atoms with E-state index in [2.05, 4.69) is 23.8 Å². The minimum absolute atomic E-state index is 1.16. The monoisotopic (exact) mass is 156 g/mol. The summed E-state index contributed by atoms with van der Waals surface area (Å²) < 4.78 is 0. The first-order valence-corrected chi connectivity index (χ1v) is 4.74. The number of piperidine rings is 1. The predicted octanol–water partition coefficient (Wildman–Crippen LogP) is 1.38. The summed E-state index contributed by atoms with van der Waals surface area (Å²) in [6.45, 7) is 7.16. The zero-order valence-corrected chi connectivity index (χ0v) is 7.84. The third-order valence-electron chi connectivity index (χ3n) is 2.43. The molecule has 0 spiro atoms. The molecule has 66 valence electrons. The van der Waals surface area contributed by atoms with Crippen LogP contribution in [-0.2, 0) is 0 Å². The van der Waals surface area contributed by atoms with Crippen LogP contribution in [0.4, 0.5) is 0 Å². The van der Waals surface area contributed by atoms with Crippen molar-refractivity contribution in [3.8, 4) is 0 Å². The average Bonchev–Trinajstić information content (AvgIpc) is 2.06. The molecule has 0 bridgehead atoms. The quantitative estimate of drug-likeness (QED) is 0.609. The van der Waals surface area contributed by atoms with E-state index < -0.39 is 0 Å². The van der Waals surface area contributed by atoms with E-state index in [0.29, 0.717) is 0 Å². The molecule has 0 radical (unpaired) electrons. The molecule has 1 heterocycles. The second kappa shape index (κ2) is 4.73. The molecule has 1 aliphatic heterocycles. The normalized spacial score (nSPS) is 21.0. The van der Waals surface area contributed by atoms with Gasteiger partial charge in [-0.1, -0.05) is 13.3 Å². The maximum atomic E-state index is 2.55. The summed E-state index contributed by atoms with van der Waals surface area (Å²) in [5.74, 6) is 0. The van der Waals surface area contributed by atoms with Crippen molar-refractivity contribution in [2.75, 3.05) is 33.4 Å². The van der Waals surface area contributed by atoms with Crippen LogP contribution in [0.25, 0.3) is 0 Å². The lowest BCUT2D eigenvalue weighted by Gasteiger charge is -2.30. The summed E-state index contributed by atoms with van der Waals surface area (Å²) in [5.41, 5.74) is 0. The van der Waals surface area contributed by atoms with Gasteiger partial charge in [-0.3, -0.25) is 9.80 Å². The highest BCUT2D eigenvalue weighted by Gasteiger charge is 2.10. The molecular formula is C9H20N2. The summed E-state index contributed by atoms with van der Waals surface area (Å²) in [4.78, 5) is 4.92. The predicted molar refractivity (Wildman–Crippen MR) is 48.6 cm³/mol. The minimum atomic E-state index is 1.16. The van der Waals surface area contributed by atoms with Gasteiger partial charge in [0.25, 0.3) is 0 Å². The van der Waals surface area contributed by atoms with Crippen LogP contribution in [0.15, 0.2) is 0 Å². The summed E-state index contributed by atoms with van der Waals surface area (Å²) >= 11 is 0. The van der Waals surface area contributed by atoms with Crippen molar-refractivity contribution in [3.05, 3.63) is 0 Å². The SMILES string of the molecule is CCN(C)CN1CCCCC1. The maximum Gasteiger partial charge on any atom is 0.0503 e. The molecule has 0 unspecified atom stereocenters. The van der Waals surface area contributed by atoms with Gasteiger partial charge in [0.05, 0.1) is 6.67 Å². The Morgan fingerprint density at radius 2 is 1.82 bits per heavy atom. The molecule has 0 aromatic carbocycles. The number of rotatable bonds is 3. The lowest BCUT2D eigenvalue weighted by Crippen LogP contribution is -2.38. The fourth-order valence-corrected chi connectivity index (χ4v) is 1.54. The molecule has 11 heavy (non-hydrogen) atoms. The third-order valence-corrected chi connectivity index (χ3v) is 2.43. The van der Waals surface area contributed by atoms with Crippen LogP contribution < -0.4 is 0 Å². The van der Waals surface area contributed by atoms with Crippen molar-refractivity contribution >= 4 is 0 Å². The molecule has 1 saturated heterocycles. The Balaban J connectivity index is 2.13. The van der Waals surface area contributed by atoms with Crippen molar-refractivity contribution < 1.29 is 0 Å². The van der Waals surface area contributed by atoms with Crippen molar-refractivity contribution in [2.45, 2.75) is 26.2 Å². The van der Waals surface area contributed by atoms with Crippen LogP contribution in [0.2, 0.25) is 0 Å². The molecule has 1 rings (SSSR count). The Labute approximate surface area is 70.2 Å². The Hall–Kier alpha value is -0.0800. The van der Waals surface area contributed by atoms with E-state index in [-0.39, 0.29) is 0 Å². The van der Waals surface area contributed by atoms with Crippen LogP contribution in [0.5, 0.6) is 0 Å². The number of hydrogen-bond donors (Lipinski definition) is 0. The highest BCUT2D eigenvalue weighted by molar-refractivity contribution is 4.63. The third kappa shape index (κ3) is 3.21.